The smallest absolute Gasteiger partial charge is 0.302 e. The molecule has 8 nitrogen and oxygen atoms in total. The monoisotopic (exact) mass is 618 g/mol. The minimum Gasteiger partial charge on any atom is -0.461 e. The molecule has 12 unspecified atom stereocenters. The van der Waals surface area contributed by atoms with Gasteiger partial charge in [-0.2, -0.15) is 0 Å². The standard InChI is InChI=1S/C34H50O8S/c1-18(26-16-32(6)30(3,4)41-34(40-26,42-32)17-28(38)43-8)22-9-10-23-29-24(11-12-31(22,23)5)33(7)20(14-25(29)37)13-21(36)15-27(33)39-19(2)35/h13,18,22-27,29,37H,9-12,14-17H2,1-8H3. The van der Waals surface area contributed by atoms with Crippen molar-refractivity contribution in [2.45, 2.75) is 135 Å². The molecule has 6 rings (SSSR count). The Morgan fingerprint density at radius 3 is 2.49 bits per heavy atom. The van der Waals surface area contributed by atoms with E-state index in [1.54, 1.807) is 12.3 Å². The van der Waals surface area contributed by atoms with Crippen molar-refractivity contribution >= 4 is 28.6 Å². The quantitative estimate of drug-likeness (QED) is 0.395. The SMILES string of the molecule is CSC(=O)CC12OC(C(C)C3CCC4C5C(O)CC6=CC(=O)CC(OC(C)=O)C6(C)C5CCC34C)CC(C)(O1)C(C)(C)O2. The predicted molar refractivity (Wildman–Crippen MR) is 162 cm³/mol. The normalized spacial score (nSPS) is 48.9. The van der Waals surface area contributed by atoms with Crippen LogP contribution < -0.4 is 0 Å². The van der Waals surface area contributed by atoms with E-state index >= 15 is 0 Å². The summed E-state index contributed by atoms with van der Waals surface area (Å²) in [5.74, 6) is -0.663. The Bertz CT molecular complexity index is 1230. The van der Waals surface area contributed by atoms with E-state index in [4.69, 9.17) is 18.9 Å². The number of thioether (sulfide) groups is 1. The van der Waals surface area contributed by atoms with Crippen LogP contribution >= 0.6 is 11.8 Å². The number of rotatable bonds is 5. The van der Waals surface area contributed by atoms with Crippen LogP contribution in [0.5, 0.6) is 0 Å². The molecule has 5 fully saturated rings. The number of fused-ring (bicyclic) bond motifs is 7. The molecule has 43 heavy (non-hydrogen) atoms. The van der Waals surface area contributed by atoms with Crippen LogP contribution in [0.1, 0.15) is 99.8 Å². The topological polar surface area (TPSA) is 108 Å². The lowest BCUT2D eigenvalue weighted by molar-refractivity contribution is -0.392. The summed E-state index contributed by atoms with van der Waals surface area (Å²) in [4.78, 5) is 37.3. The van der Waals surface area contributed by atoms with Gasteiger partial charge >= 0.3 is 5.97 Å². The van der Waals surface area contributed by atoms with Crippen LogP contribution in [0.4, 0.5) is 0 Å². The maximum atomic E-state index is 12.6. The number of ketones is 1. The second-order valence-electron chi connectivity index (χ2n) is 15.6. The van der Waals surface area contributed by atoms with E-state index in [-0.39, 0.29) is 59.0 Å². The summed E-state index contributed by atoms with van der Waals surface area (Å²) < 4.78 is 25.4. The van der Waals surface area contributed by atoms with Gasteiger partial charge in [-0.15, -0.1) is 0 Å². The predicted octanol–water partition coefficient (Wildman–Crippen LogP) is 5.59. The molecular weight excluding hydrogens is 568 g/mol. The number of ether oxygens (including phenoxy) is 4. The van der Waals surface area contributed by atoms with Crippen molar-refractivity contribution < 1.29 is 38.4 Å². The Balaban J connectivity index is 1.28. The van der Waals surface area contributed by atoms with Gasteiger partial charge in [-0.3, -0.25) is 14.4 Å². The molecule has 240 valence electrons. The zero-order valence-electron chi connectivity index (χ0n) is 27.1. The third-order valence-electron chi connectivity index (χ3n) is 13.2. The number of aliphatic hydroxyl groups is 1. The molecular formula is C34H50O8S. The Kier molecular flexibility index (Phi) is 7.65. The van der Waals surface area contributed by atoms with Gasteiger partial charge in [-0.1, -0.05) is 38.1 Å². The number of aliphatic hydroxyl groups excluding tert-OH is 1. The first-order chi connectivity index (χ1) is 20.0. The van der Waals surface area contributed by atoms with E-state index in [0.717, 1.165) is 31.3 Å². The molecule has 4 aliphatic carbocycles. The largest absolute Gasteiger partial charge is 0.461 e. The molecule has 3 saturated carbocycles. The summed E-state index contributed by atoms with van der Waals surface area (Å²) >= 11 is 1.17. The summed E-state index contributed by atoms with van der Waals surface area (Å²) in [6.45, 7) is 14.4. The molecule has 0 amide bonds. The highest BCUT2D eigenvalue weighted by Gasteiger charge is 2.68. The molecule has 0 aromatic rings. The van der Waals surface area contributed by atoms with Gasteiger partial charge in [-0.05, 0) is 100 Å². The van der Waals surface area contributed by atoms with Gasteiger partial charge in [0.15, 0.2) is 10.9 Å². The zero-order valence-corrected chi connectivity index (χ0v) is 27.9. The molecule has 0 aromatic carbocycles. The fourth-order valence-electron chi connectivity index (χ4n) is 10.7. The van der Waals surface area contributed by atoms with Gasteiger partial charge in [-0.25, -0.2) is 0 Å². The maximum Gasteiger partial charge on any atom is 0.302 e. The summed E-state index contributed by atoms with van der Waals surface area (Å²) in [6.07, 6.45) is 7.73. The summed E-state index contributed by atoms with van der Waals surface area (Å²) in [5, 5.41) is 11.7. The first kappa shape index (κ1) is 31.7. The van der Waals surface area contributed by atoms with Crippen molar-refractivity contribution in [2.75, 3.05) is 6.26 Å². The third-order valence-corrected chi connectivity index (χ3v) is 13.8. The third kappa shape index (κ3) is 4.73. The van der Waals surface area contributed by atoms with Crippen LogP contribution in [0.25, 0.3) is 0 Å². The van der Waals surface area contributed by atoms with E-state index < -0.39 is 34.8 Å². The molecule has 6 aliphatic rings. The second kappa shape index (κ2) is 10.4. The molecule has 1 N–H and O–H groups in total. The molecule has 0 aromatic heterocycles. The fourth-order valence-corrected chi connectivity index (χ4v) is 11.0. The first-order valence-corrected chi connectivity index (χ1v) is 17.5. The van der Waals surface area contributed by atoms with Crippen molar-refractivity contribution in [3.63, 3.8) is 0 Å². The Morgan fingerprint density at radius 2 is 1.81 bits per heavy atom. The van der Waals surface area contributed by atoms with Crippen LogP contribution in [-0.2, 0) is 33.3 Å². The minimum atomic E-state index is -1.37. The molecule has 12 atom stereocenters. The molecule has 0 spiro atoms. The van der Waals surface area contributed by atoms with Crippen molar-refractivity contribution in [2.24, 2.45) is 40.4 Å². The van der Waals surface area contributed by atoms with Gasteiger partial charge in [0.25, 0.3) is 5.97 Å². The van der Waals surface area contributed by atoms with E-state index in [1.165, 1.54) is 18.7 Å². The average Bonchev–Trinajstić information content (AvgIpc) is 3.31. The van der Waals surface area contributed by atoms with E-state index in [2.05, 4.69) is 27.7 Å². The average molecular weight is 619 g/mol. The van der Waals surface area contributed by atoms with Gasteiger partial charge in [0.2, 0.25) is 0 Å². The highest BCUT2D eigenvalue weighted by molar-refractivity contribution is 8.13. The minimum absolute atomic E-state index is 0.000795. The Morgan fingerprint density at radius 1 is 1.09 bits per heavy atom. The van der Waals surface area contributed by atoms with Gasteiger partial charge in [0, 0.05) is 25.2 Å². The van der Waals surface area contributed by atoms with E-state index in [9.17, 15) is 19.5 Å². The summed E-state index contributed by atoms with van der Waals surface area (Å²) in [7, 11) is 0. The molecule has 2 saturated heterocycles. The first-order valence-electron chi connectivity index (χ1n) is 16.2. The fraction of sp³-hybridized carbons (Fsp3) is 0.853. The highest BCUT2D eigenvalue weighted by atomic mass is 32.2. The van der Waals surface area contributed by atoms with Crippen LogP contribution in [0.3, 0.4) is 0 Å². The Hall–Kier alpha value is -1.26. The van der Waals surface area contributed by atoms with Crippen molar-refractivity contribution in [3.05, 3.63) is 11.6 Å². The van der Waals surface area contributed by atoms with Crippen LogP contribution in [0.15, 0.2) is 11.6 Å². The second-order valence-corrected chi connectivity index (χ2v) is 16.5. The van der Waals surface area contributed by atoms with Crippen molar-refractivity contribution in [3.8, 4) is 0 Å². The van der Waals surface area contributed by atoms with Gasteiger partial charge in [0.05, 0.1) is 24.2 Å². The molecule has 2 heterocycles. The molecule has 9 heteroatoms. The van der Waals surface area contributed by atoms with Crippen LogP contribution in [-0.4, -0.2) is 63.7 Å². The van der Waals surface area contributed by atoms with Crippen molar-refractivity contribution in [1.82, 2.24) is 0 Å². The number of hydrogen-bond donors (Lipinski definition) is 1. The number of carbonyl (C=O) groups excluding carboxylic acids is 3. The number of esters is 1. The summed E-state index contributed by atoms with van der Waals surface area (Å²) in [5.41, 5.74) is -0.693. The van der Waals surface area contributed by atoms with Gasteiger partial charge < -0.3 is 24.1 Å². The number of hydrogen-bond acceptors (Lipinski definition) is 9. The molecule has 0 radical (unpaired) electrons. The lowest BCUT2D eigenvalue weighted by Crippen LogP contribution is -2.60. The highest BCUT2D eigenvalue weighted by Crippen LogP contribution is 2.68. The van der Waals surface area contributed by atoms with Crippen LogP contribution in [0, 0.1) is 40.4 Å². The summed E-state index contributed by atoms with van der Waals surface area (Å²) in [6, 6.07) is 0. The van der Waals surface area contributed by atoms with E-state index in [0.29, 0.717) is 24.7 Å². The molecule has 2 aliphatic heterocycles. The lowest BCUT2D eigenvalue weighted by Gasteiger charge is -2.61. The zero-order chi connectivity index (χ0) is 31.3. The van der Waals surface area contributed by atoms with E-state index in [1.807, 2.05) is 13.8 Å². The maximum absolute atomic E-state index is 12.6. The Labute approximate surface area is 260 Å². The lowest BCUT2D eigenvalue weighted by atomic mass is 9.45. The number of carbonyl (C=O) groups is 3. The van der Waals surface area contributed by atoms with Crippen LogP contribution in [0.2, 0.25) is 0 Å². The van der Waals surface area contributed by atoms with Gasteiger partial charge in [0.1, 0.15) is 11.7 Å². The molecule has 2 bridgehead atoms. The van der Waals surface area contributed by atoms with Crippen molar-refractivity contribution in [1.29, 1.82) is 0 Å².